The van der Waals surface area contributed by atoms with Crippen molar-refractivity contribution in [3.63, 3.8) is 0 Å². The molecule has 0 radical (unpaired) electrons. The van der Waals surface area contributed by atoms with Gasteiger partial charge in [0.05, 0.1) is 0 Å². The number of fused-ring (bicyclic) bond motifs is 1. The summed E-state index contributed by atoms with van der Waals surface area (Å²) in [7, 11) is 0. The van der Waals surface area contributed by atoms with Crippen LogP contribution in [-0.4, -0.2) is 35.6 Å². The van der Waals surface area contributed by atoms with E-state index in [1.165, 1.54) is 18.7 Å². The van der Waals surface area contributed by atoms with Crippen molar-refractivity contribution >= 4 is 0 Å². The van der Waals surface area contributed by atoms with Crippen LogP contribution in [0.25, 0.3) is 0 Å². The van der Waals surface area contributed by atoms with E-state index in [0.717, 1.165) is 24.9 Å². The van der Waals surface area contributed by atoms with Crippen LogP contribution in [-0.2, 0) is 6.54 Å². The fraction of sp³-hybridized carbons (Fsp3) is 0.647. The van der Waals surface area contributed by atoms with Gasteiger partial charge in [0, 0.05) is 37.3 Å². The smallest absolute Gasteiger partial charge is 0.0395 e. The first-order chi connectivity index (χ1) is 9.47. The number of likely N-dealkylation sites (tertiary alicyclic amines) is 1. The summed E-state index contributed by atoms with van der Waals surface area (Å²) in [6, 6.07) is 10.6. The van der Waals surface area contributed by atoms with E-state index in [1.807, 2.05) is 0 Å². The molecule has 1 aromatic carbocycles. The quantitative estimate of drug-likeness (QED) is 0.879. The minimum Gasteiger partial charge on any atom is -0.329 e. The molecule has 3 nitrogen and oxygen atoms in total. The van der Waals surface area contributed by atoms with Gasteiger partial charge in [-0.25, -0.2) is 0 Å². The Labute approximate surface area is 122 Å². The van der Waals surface area contributed by atoms with Crippen LogP contribution in [0.15, 0.2) is 30.3 Å². The fourth-order valence-electron chi connectivity index (χ4n) is 3.78. The highest BCUT2D eigenvalue weighted by Gasteiger charge is 2.67. The molecule has 2 aliphatic rings. The van der Waals surface area contributed by atoms with Gasteiger partial charge >= 0.3 is 0 Å². The average molecular weight is 273 g/mol. The molecule has 2 fully saturated rings. The van der Waals surface area contributed by atoms with E-state index in [9.17, 15) is 0 Å². The first kappa shape index (κ1) is 14.1. The summed E-state index contributed by atoms with van der Waals surface area (Å²) < 4.78 is 0. The molecule has 1 saturated heterocycles. The van der Waals surface area contributed by atoms with Gasteiger partial charge in [0.25, 0.3) is 0 Å². The molecule has 1 heterocycles. The maximum atomic E-state index is 6.10. The molecular formula is C17H27N3. The largest absolute Gasteiger partial charge is 0.329 e. The monoisotopic (exact) mass is 273 g/mol. The summed E-state index contributed by atoms with van der Waals surface area (Å²) in [5, 5.41) is 3.76. The topological polar surface area (TPSA) is 41.3 Å². The van der Waals surface area contributed by atoms with E-state index >= 15 is 0 Å². The maximum Gasteiger partial charge on any atom is 0.0395 e. The molecule has 20 heavy (non-hydrogen) atoms. The van der Waals surface area contributed by atoms with E-state index in [-0.39, 0.29) is 11.1 Å². The molecule has 1 aliphatic carbocycles. The molecule has 0 amide bonds. The van der Waals surface area contributed by atoms with Gasteiger partial charge in [-0.15, -0.1) is 0 Å². The van der Waals surface area contributed by atoms with Crippen LogP contribution in [0, 0.1) is 11.8 Å². The predicted octanol–water partition coefficient (Wildman–Crippen LogP) is 1.83. The molecule has 0 spiro atoms. The molecule has 2 unspecified atom stereocenters. The molecule has 1 aliphatic heterocycles. The lowest BCUT2D eigenvalue weighted by Gasteiger charge is -2.36. The lowest BCUT2D eigenvalue weighted by Crippen LogP contribution is -2.50. The third-order valence-corrected chi connectivity index (χ3v) is 5.28. The lowest BCUT2D eigenvalue weighted by molar-refractivity contribution is 0.137. The summed E-state index contributed by atoms with van der Waals surface area (Å²) in [5.41, 5.74) is 7.92. The van der Waals surface area contributed by atoms with Crippen molar-refractivity contribution < 1.29 is 0 Å². The van der Waals surface area contributed by atoms with Crippen molar-refractivity contribution in [2.75, 3.05) is 19.6 Å². The van der Waals surface area contributed by atoms with Gasteiger partial charge in [-0.3, -0.25) is 4.90 Å². The van der Waals surface area contributed by atoms with Gasteiger partial charge in [0.2, 0.25) is 0 Å². The average Bonchev–Trinajstić information content (AvgIpc) is 2.80. The molecule has 3 rings (SSSR count). The van der Waals surface area contributed by atoms with Crippen LogP contribution in [0.2, 0.25) is 0 Å². The van der Waals surface area contributed by atoms with Crippen molar-refractivity contribution in [1.29, 1.82) is 0 Å². The zero-order chi connectivity index (χ0) is 14.4. The standard InChI is InChI=1S/C17H27N3/c1-16(2,3)20-10-14-15(11-20)17(14,12-18)19-9-13-7-5-4-6-8-13/h4-8,14-15,19H,9-12,18H2,1-3H3. The summed E-state index contributed by atoms with van der Waals surface area (Å²) in [6.07, 6.45) is 0. The Morgan fingerprint density at radius 3 is 2.30 bits per heavy atom. The minimum absolute atomic E-state index is 0.192. The number of nitrogens with two attached hydrogens (primary N) is 1. The summed E-state index contributed by atoms with van der Waals surface area (Å²) in [5.74, 6) is 1.46. The third kappa shape index (κ3) is 2.28. The number of hydrogen-bond donors (Lipinski definition) is 2. The normalized spacial score (nSPS) is 33.2. The van der Waals surface area contributed by atoms with Crippen LogP contribution in [0.4, 0.5) is 0 Å². The van der Waals surface area contributed by atoms with Gasteiger partial charge in [-0.1, -0.05) is 30.3 Å². The third-order valence-electron chi connectivity index (χ3n) is 5.28. The van der Waals surface area contributed by atoms with Crippen molar-refractivity contribution in [3.05, 3.63) is 35.9 Å². The second-order valence-corrected chi connectivity index (χ2v) is 7.37. The van der Waals surface area contributed by atoms with Crippen molar-refractivity contribution in [2.45, 2.75) is 38.4 Å². The van der Waals surface area contributed by atoms with Gasteiger partial charge in [-0.2, -0.15) is 0 Å². The van der Waals surface area contributed by atoms with E-state index in [4.69, 9.17) is 5.73 Å². The van der Waals surface area contributed by atoms with E-state index in [1.54, 1.807) is 0 Å². The number of rotatable bonds is 4. The second-order valence-electron chi connectivity index (χ2n) is 7.37. The Morgan fingerprint density at radius 2 is 1.80 bits per heavy atom. The second kappa shape index (κ2) is 4.83. The van der Waals surface area contributed by atoms with Gasteiger partial charge in [-0.05, 0) is 38.2 Å². The van der Waals surface area contributed by atoms with Crippen LogP contribution >= 0.6 is 0 Å². The van der Waals surface area contributed by atoms with Crippen LogP contribution in [0.5, 0.6) is 0 Å². The number of benzene rings is 1. The number of hydrogen-bond acceptors (Lipinski definition) is 3. The minimum atomic E-state index is 0.192. The Bertz CT molecular complexity index is 451. The number of nitrogens with one attached hydrogen (secondary N) is 1. The highest BCUT2D eigenvalue weighted by Crippen LogP contribution is 2.56. The number of piperidine rings is 1. The molecule has 0 bridgehead atoms. The molecule has 1 saturated carbocycles. The molecule has 110 valence electrons. The molecule has 0 aromatic heterocycles. The Hall–Kier alpha value is -0.900. The maximum absolute atomic E-state index is 6.10. The van der Waals surface area contributed by atoms with Gasteiger partial charge < -0.3 is 11.1 Å². The summed E-state index contributed by atoms with van der Waals surface area (Å²) in [4.78, 5) is 2.60. The Morgan fingerprint density at radius 1 is 1.20 bits per heavy atom. The van der Waals surface area contributed by atoms with Crippen LogP contribution in [0.3, 0.4) is 0 Å². The van der Waals surface area contributed by atoms with Crippen molar-refractivity contribution in [3.8, 4) is 0 Å². The SMILES string of the molecule is CC(C)(C)N1CC2C(C1)C2(CN)NCc1ccccc1. The zero-order valence-corrected chi connectivity index (χ0v) is 12.9. The highest BCUT2D eigenvalue weighted by atomic mass is 15.3. The van der Waals surface area contributed by atoms with Crippen molar-refractivity contribution in [1.82, 2.24) is 10.2 Å². The predicted molar refractivity (Wildman–Crippen MR) is 83.4 cm³/mol. The zero-order valence-electron chi connectivity index (χ0n) is 12.9. The first-order valence-corrected chi connectivity index (χ1v) is 7.71. The summed E-state index contributed by atoms with van der Waals surface area (Å²) in [6.45, 7) is 11.0. The fourth-order valence-corrected chi connectivity index (χ4v) is 3.78. The van der Waals surface area contributed by atoms with E-state index < -0.39 is 0 Å². The molecular weight excluding hydrogens is 246 g/mol. The van der Waals surface area contributed by atoms with Crippen molar-refractivity contribution in [2.24, 2.45) is 17.6 Å². The first-order valence-electron chi connectivity index (χ1n) is 7.71. The van der Waals surface area contributed by atoms with Gasteiger partial charge in [0.1, 0.15) is 0 Å². The van der Waals surface area contributed by atoms with Gasteiger partial charge in [0.15, 0.2) is 0 Å². The lowest BCUT2D eigenvalue weighted by atomic mass is 10.0. The molecule has 3 N–H and O–H groups in total. The van der Waals surface area contributed by atoms with E-state index in [2.05, 4.69) is 61.3 Å². The molecule has 2 atom stereocenters. The Kier molecular flexibility index (Phi) is 3.39. The van der Waals surface area contributed by atoms with E-state index in [0.29, 0.717) is 0 Å². The molecule has 1 aromatic rings. The molecule has 3 heteroatoms. The summed E-state index contributed by atoms with van der Waals surface area (Å²) >= 11 is 0. The Balaban J connectivity index is 1.60. The highest BCUT2D eigenvalue weighted by molar-refractivity contribution is 5.25. The van der Waals surface area contributed by atoms with Crippen LogP contribution < -0.4 is 11.1 Å². The number of nitrogens with zero attached hydrogens (tertiary/aromatic N) is 1. The van der Waals surface area contributed by atoms with Crippen LogP contribution in [0.1, 0.15) is 26.3 Å².